The maximum Gasteiger partial charge on any atom is 0.254 e. The van der Waals surface area contributed by atoms with Gasteiger partial charge in [-0.05, 0) is 48.5 Å². The Morgan fingerprint density at radius 3 is 2.00 bits per heavy atom. The van der Waals surface area contributed by atoms with Crippen LogP contribution in [0, 0.1) is 0 Å². The van der Waals surface area contributed by atoms with Gasteiger partial charge < -0.3 is 24.8 Å². The molecule has 0 unspecified atom stereocenters. The maximum absolute atomic E-state index is 12.2. The van der Waals surface area contributed by atoms with E-state index in [0.717, 1.165) is 17.2 Å². The quantitative estimate of drug-likeness (QED) is 0.539. The minimum atomic E-state index is -0.265. The molecule has 1 aromatic heterocycles. The van der Waals surface area contributed by atoms with Crippen LogP contribution in [0.15, 0.2) is 60.9 Å². The molecule has 0 aliphatic rings. The van der Waals surface area contributed by atoms with Crippen molar-refractivity contribution >= 4 is 17.5 Å². The number of anilines is 2. The molecule has 3 aromatic rings. The first-order valence-corrected chi connectivity index (χ1v) is 8.96. The van der Waals surface area contributed by atoms with Crippen molar-refractivity contribution in [2.24, 2.45) is 0 Å². The normalized spacial score (nSPS) is 10.1. The van der Waals surface area contributed by atoms with Gasteiger partial charge in [0.05, 0.1) is 26.3 Å². The molecule has 0 radical (unpaired) electrons. The van der Waals surface area contributed by atoms with Gasteiger partial charge in [-0.1, -0.05) is 0 Å². The van der Waals surface area contributed by atoms with Crippen molar-refractivity contribution in [2.75, 3.05) is 32.7 Å². The van der Waals surface area contributed by atoms with E-state index in [9.17, 15) is 4.79 Å². The SMILES string of the molecule is COc1ccc(Nc2ncc(C(=O)NCCOc3ccc(OC)cc3)cn2)cc1. The van der Waals surface area contributed by atoms with Crippen LogP contribution in [0.25, 0.3) is 0 Å². The third-order valence-electron chi connectivity index (χ3n) is 3.98. The minimum Gasteiger partial charge on any atom is -0.497 e. The highest BCUT2D eigenvalue weighted by Crippen LogP contribution is 2.18. The lowest BCUT2D eigenvalue weighted by Gasteiger charge is -2.09. The first-order valence-electron chi connectivity index (χ1n) is 8.96. The summed E-state index contributed by atoms with van der Waals surface area (Å²) in [7, 11) is 3.22. The van der Waals surface area contributed by atoms with Gasteiger partial charge in [-0.2, -0.15) is 0 Å². The van der Waals surface area contributed by atoms with Gasteiger partial charge in [0, 0.05) is 18.1 Å². The van der Waals surface area contributed by atoms with Crippen LogP contribution in [0.4, 0.5) is 11.6 Å². The van der Waals surface area contributed by atoms with Crippen molar-refractivity contribution in [3.05, 3.63) is 66.5 Å². The summed E-state index contributed by atoms with van der Waals surface area (Å²) in [5.41, 5.74) is 1.19. The lowest BCUT2D eigenvalue weighted by molar-refractivity contribution is 0.0946. The van der Waals surface area contributed by atoms with Crippen LogP contribution < -0.4 is 24.8 Å². The molecule has 8 nitrogen and oxygen atoms in total. The number of rotatable bonds is 9. The molecule has 0 atom stereocenters. The highest BCUT2D eigenvalue weighted by Gasteiger charge is 2.07. The van der Waals surface area contributed by atoms with Crippen molar-refractivity contribution in [2.45, 2.75) is 0 Å². The summed E-state index contributed by atoms with van der Waals surface area (Å²) in [6, 6.07) is 14.6. The van der Waals surface area contributed by atoms with Crippen LogP contribution in [0.2, 0.25) is 0 Å². The second-order valence-electron chi connectivity index (χ2n) is 5.93. The topological polar surface area (TPSA) is 94.6 Å². The van der Waals surface area contributed by atoms with Crippen molar-refractivity contribution in [1.82, 2.24) is 15.3 Å². The number of hydrogen-bond acceptors (Lipinski definition) is 7. The van der Waals surface area contributed by atoms with Crippen LogP contribution >= 0.6 is 0 Å². The average molecular weight is 394 g/mol. The van der Waals surface area contributed by atoms with Crippen LogP contribution in [-0.2, 0) is 0 Å². The average Bonchev–Trinajstić information content (AvgIpc) is 2.78. The number of amides is 1. The molecule has 29 heavy (non-hydrogen) atoms. The zero-order valence-corrected chi connectivity index (χ0v) is 16.2. The first-order chi connectivity index (χ1) is 14.2. The summed E-state index contributed by atoms with van der Waals surface area (Å²) < 4.78 is 15.8. The van der Waals surface area contributed by atoms with E-state index in [-0.39, 0.29) is 5.91 Å². The largest absolute Gasteiger partial charge is 0.497 e. The molecule has 0 saturated carbocycles. The summed E-state index contributed by atoms with van der Waals surface area (Å²) in [5.74, 6) is 2.36. The monoisotopic (exact) mass is 394 g/mol. The van der Waals surface area contributed by atoms with Gasteiger partial charge in [-0.3, -0.25) is 4.79 Å². The minimum absolute atomic E-state index is 0.265. The van der Waals surface area contributed by atoms with Crippen LogP contribution in [0.1, 0.15) is 10.4 Å². The summed E-state index contributed by atoms with van der Waals surface area (Å²) in [6.07, 6.45) is 2.94. The number of methoxy groups -OCH3 is 2. The van der Waals surface area contributed by atoms with E-state index in [1.54, 1.807) is 14.2 Å². The number of carbonyl (C=O) groups excluding carboxylic acids is 1. The maximum atomic E-state index is 12.2. The van der Waals surface area contributed by atoms with Crippen molar-refractivity contribution in [1.29, 1.82) is 0 Å². The van der Waals surface area contributed by atoms with Gasteiger partial charge in [-0.25, -0.2) is 9.97 Å². The molecule has 0 bridgehead atoms. The zero-order chi connectivity index (χ0) is 20.5. The smallest absolute Gasteiger partial charge is 0.254 e. The number of nitrogens with zero attached hydrogens (tertiary/aromatic N) is 2. The summed E-state index contributed by atoms with van der Waals surface area (Å²) >= 11 is 0. The molecule has 1 heterocycles. The molecule has 8 heteroatoms. The van der Waals surface area contributed by atoms with E-state index < -0.39 is 0 Å². The Morgan fingerprint density at radius 2 is 1.41 bits per heavy atom. The van der Waals surface area contributed by atoms with E-state index >= 15 is 0 Å². The summed E-state index contributed by atoms with van der Waals surface area (Å²) in [4.78, 5) is 20.5. The highest BCUT2D eigenvalue weighted by atomic mass is 16.5. The predicted molar refractivity (Wildman–Crippen MR) is 109 cm³/mol. The van der Waals surface area contributed by atoms with E-state index in [1.807, 2.05) is 48.5 Å². The summed E-state index contributed by atoms with van der Waals surface area (Å²) in [5, 5.41) is 5.83. The van der Waals surface area contributed by atoms with Crippen molar-refractivity contribution in [3.8, 4) is 17.2 Å². The molecule has 0 spiro atoms. The van der Waals surface area contributed by atoms with Gasteiger partial charge in [0.25, 0.3) is 5.91 Å². The standard InChI is InChI=1S/C21H22N4O4/c1-27-17-5-3-16(4-6-17)25-21-23-13-15(14-24-21)20(26)22-11-12-29-19-9-7-18(28-2)8-10-19/h3-10,13-14H,11-12H2,1-2H3,(H,22,26)(H,23,24,25). The molecule has 2 aromatic carbocycles. The molecular formula is C21H22N4O4. The first kappa shape index (κ1) is 19.9. The van der Waals surface area contributed by atoms with Crippen LogP contribution in [-0.4, -0.2) is 43.2 Å². The highest BCUT2D eigenvalue weighted by molar-refractivity contribution is 5.93. The molecule has 1 amide bonds. The Kier molecular flexibility index (Phi) is 6.83. The van der Waals surface area contributed by atoms with E-state index in [0.29, 0.717) is 30.4 Å². The lowest BCUT2D eigenvalue weighted by atomic mass is 10.3. The second kappa shape index (κ2) is 9.93. The Labute approximate surface area is 168 Å². The molecule has 3 rings (SSSR count). The van der Waals surface area contributed by atoms with E-state index in [1.165, 1.54) is 12.4 Å². The number of hydrogen-bond donors (Lipinski definition) is 2. The molecule has 0 saturated heterocycles. The van der Waals surface area contributed by atoms with Crippen molar-refractivity contribution in [3.63, 3.8) is 0 Å². The predicted octanol–water partition coefficient (Wildman–Crippen LogP) is 3.05. The van der Waals surface area contributed by atoms with E-state index in [2.05, 4.69) is 20.6 Å². The molecule has 0 aliphatic carbocycles. The lowest BCUT2D eigenvalue weighted by Crippen LogP contribution is -2.28. The van der Waals surface area contributed by atoms with Crippen molar-refractivity contribution < 1.29 is 19.0 Å². The number of carbonyl (C=O) groups is 1. The number of aromatic nitrogens is 2. The molecule has 0 fully saturated rings. The fourth-order valence-corrected chi connectivity index (χ4v) is 2.42. The van der Waals surface area contributed by atoms with Crippen LogP contribution in [0.3, 0.4) is 0 Å². The van der Waals surface area contributed by atoms with Crippen LogP contribution in [0.5, 0.6) is 17.2 Å². The second-order valence-corrected chi connectivity index (χ2v) is 5.93. The summed E-state index contributed by atoms with van der Waals surface area (Å²) in [6.45, 7) is 0.701. The Bertz CT molecular complexity index is 913. The Balaban J connectivity index is 1.44. The molecule has 0 aliphatic heterocycles. The number of nitrogens with one attached hydrogen (secondary N) is 2. The Morgan fingerprint density at radius 1 is 0.862 bits per heavy atom. The van der Waals surface area contributed by atoms with E-state index in [4.69, 9.17) is 14.2 Å². The fraction of sp³-hybridized carbons (Fsp3) is 0.190. The number of ether oxygens (including phenoxy) is 3. The van der Waals surface area contributed by atoms with Gasteiger partial charge in [-0.15, -0.1) is 0 Å². The van der Waals surface area contributed by atoms with Gasteiger partial charge >= 0.3 is 0 Å². The Hall–Kier alpha value is -3.81. The van der Waals surface area contributed by atoms with Gasteiger partial charge in [0.1, 0.15) is 23.9 Å². The number of benzene rings is 2. The molecule has 150 valence electrons. The fourth-order valence-electron chi connectivity index (χ4n) is 2.42. The third kappa shape index (κ3) is 5.83. The van der Waals surface area contributed by atoms with Gasteiger partial charge in [0.15, 0.2) is 0 Å². The third-order valence-corrected chi connectivity index (χ3v) is 3.98. The molecular weight excluding hydrogens is 372 g/mol. The molecule has 2 N–H and O–H groups in total. The zero-order valence-electron chi connectivity index (χ0n) is 16.2. The van der Waals surface area contributed by atoms with Gasteiger partial charge in [0.2, 0.25) is 5.95 Å².